The van der Waals surface area contributed by atoms with E-state index < -0.39 is 5.60 Å². The second kappa shape index (κ2) is 4.67. The van der Waals surface area contributed by atoms with Crippen molar-refractivity contribution in [3.8, 4) is 0 Å². The largest absolute Gasteiger partial charge is 0.452 e. The molecule has 1 saturated heterocycles. The van der Waals surface area contributed by atoms with Gasteiger partial charge in [-0.2, -0.15) is 0 Å². The molecule has 2 nitrogen and oxygen atoms in total. The van der Waals surface area contributed by atoms with E-state index >= 15 is 0 Å². The summed E-state index contributed by atoms with van der Waals surface area (Å²) in [6.45, 7) is 2.10. The van der Waals surface area contributed by atoms with Crippen LogP contribution in [0.2, 0.25) is 0 Å². The summed E-state index contributed by atoms with van der Waals surface area (Å²) in [5.74, 6) is 0. The molecule has 1 heterocycles. The molecule has 1 atom stereocenters. The standard InChI is InChI=1S/C16H15NOS/c1-12-16(18-15(19)17-12,13-8-4-2-5-9-13)14-10-6-3-7-11-14/h2-12H,1H3,(H,17,19)/t12-/m0/s1. The third-order valence-corrected chi connectivity index (χ3v) is 3.80. The van der Waals surface area contributed by atoms with Gasteiger partial charge in [-0.1, -0.05) is 60.7 Å². The van der Waals surface area contributed by atoms with Gasteiger partial charge in [0.05, 0.1) is 6.04 Å². The summed E-state index contributed by atoms with van der Waals surface area (Å²) in [6.07, 6.45) is 0. The zero-order valence-electron chi connectivity index (χ0n) is 10.7. The zero-order valence-corrected chi connectivity index (χ0v) is 11.5. The summed E-state index contributed by atoms with van der Waals surface area (Å²) >= 11 is 5.21. The fraction of sp³-hybridized carbons (Fsp3) is 0.188. The minimum Gasteiger partial charge on any atom is -0.452 e. The van der Waals surface area contributed by atoms with Crippen LogP contribution in [-0.4, -0.2) is 11.2 Å². The van der Waals surface area contributed by atoms with Gasteiger partial charge in [-0.3, -0.25) is 0 Å². The van der Waals surface area contributed by atoms with Gasteiger partial charge in [0, 0.05) is 11.1 Å². The van der Waals surface area contributed by atoms with Gasteiger partial charge in [-0.25, -0.2) is 0 Å². The lowest BCUT2D eigenvalue weighted by molar-refractivity contribution is 0.113. The molecule has 0 radical (unpaired) electrons. The molecule has 0 aromatic heterocycles. The predicted molar refractivity (Wildman–Crippen MR) is 79.9 cm³/mol. The molecule has 1 fully saturated rings. The maximum Gasteiger partial charge on any atom is 0.258 e. The lowest BCUT2D eigenvalue weighted by Gasteiger charge is -2.32. The smallest absolute Gasteiger partial charge is 0.258 e. The molecular formula is C16H15NOS. The van der Waals surface area contributed by atoms with E-state index in [1.807, 2.05) is 36.4 Å². The number of nitrogens with one attached hydrogen (secondary N) is 1. The molecule has 3 rings (SSSR count). The van der Waals surface area contributed by atoms with Crippen molar-refractivity contribution in [3.63, 3.8) is 0 Å². The molecule has 0 unspecified atom stereocenters. The summed E-state index contributed by atoms with van der Waals surface area (Å²) in [4.78, 5) is 0. The Morgan fingerprint density at radius 1 is 0.947 bits per heavy atom. The highest BCUT2D eigenvalue weighted by atomic mass is 32.1. The number of thiocarbonyl (C=S) groups is 1. The highest BCUT2D eigenvalue weighted by Crippen LogP contribution is 2.40. The number of ether oxygens (including phenoxy) is 1. The van der Waals surface area contributed by atoms with Gasteiger partial charge in [0.15, 0.2) is 5.60 Å². The molecule has 3 heteroatoms. The van der Waals surface area contributed by atoms with Crippen LogP contribution in [0.1, 0.15) is 18.1 Å². The van der Waals surface area contributed by atoms with E-state index in [9.17, 15) is 0 Å². The lowest BCUT2D eigenvalue weighted by atomic mass is 9.81. The van der Waals surface area contributed by atoms with E-state index in [1.165, 1.54) is 0 Å². The van der Waals surface area contributed by atoms with Gasteiger partial charge in [-0.15, -0.1) is 0 Å². The van der Waals surface area contributed by atoms with Crippen molar-refractivity contribution < 1.29 is 4.74 Å². The number of hydrogen-bond donors (Lipinski definition) is 1. The van der Waals surface area contributed by atoms with E-state index in [4.69, 9.17) is 17.0 Å². The molecule has 0 spiro atoms. The third kappa shape index (κ3) is 1.90. The van der Waals surface area contributed by atoms with Gasteiger partial charge in [0.2, 0.25) is 0 Å². The molecule has 2 aromatic rings. The Bertz CT molecular complexity index is 543. The quantitative estimate of drug-likeness (QED) is 0.846. The lowest BCUT2D eigenvalue weighted by Crippen LogP contribution is -2.40. The summed E-state index contributed by atoms with van der Waals surface area (Å²) in [5, 5.41) is 3.67. The van der Waals surface area contributed by atoms with Crippen LogP contribution in [0, 0.1) is 0 Å². The van der Waals surface area contributed by atoms with Crippen molar-refractivity contribution in [2.75, 3.05) is 0 Å². The van der Waals surface area contributed by atoms with Crippen molar-refractivity contribution >= 4 is 17.4 Å². The topological polar surface area (TPSA) is 21.3 Å². The Morgan fingerprint density at radius 3 is 1.79 bits per heavy atom. The molecule has 1 N–H and O–H groups in total. The number of benzene rings is 2. The maximum atomic E-state index is 6.05. The fourth-order valence-electron chi connectivity index (χ4n) is 2.70. The first-order chi connectivity index (χ1) is 9.23. The molecule has 2 aromatic carbocycles. The fourth-order valence-corrected chi connectivity index (χ4v) is 3.01. The van der Waals surface area contributed by atoms with E-state index in [-0.39, 0.29) is 6.04 Å². The van der Waals surface area contributed by atoms with Gasteiger partial charge < -0.3 is 10.1 Å². The first-order valence-corrected chi connectivity index (χ1v) is 6.75. The zero-order chi connectivity index (χ0) is 13.3. The monoisotopic (exact) mass is 269 g/mol. The SMILES string of the molecule is C[C@@H]1NC(=S)OC1(c1ccccc1)c1ccccc1. The summed E-state index contributed by atoms with van der Waals surface area (Å²) in [6, 6.07) is 20.5. The van der Waals surface area contributed by atoms with E-state index in [1.54, 1.807) is 0 Å². The molecule has 1 aliphatic heterocycles. The van der Waals surface area contributed by atoms with Crippen LogP contribution in [0.15, 0.2) is 60.7 Å². The summed E-state index contributed by atoms with van der Waals surface area (Å²) in [7, 11) is 0. The average Bonchev–Trinajstić information content (AvgIpc) is 2.76. The van der Waals surface area contributed by atoms with Crippen LogP contribution < -0.4 is 5.32 Å². The minimum atomic E-state index is -0.542. The van der Waals surface area contributed by atoms with E-state index in [0.717, 1.165) is 11.1 Å². The predicted octanol–water partition coefficient (Wildman–Crippen LogP) is 3.22. The number of hydrogen-bond acceptors (Lipinski definition) is 2. The van der Waals surface area contributed by atoms with E-state index in [2.05, 4.69) is 36.5 Å². The maximum absolute atomic E-state index is 6.05. The average molecular weight is 269 g/mol. The van der Waals surface area contributed by atoms with Gasteiger partial charge in [-0.05, 0) is 19.1 Å². The summed E-state index contributed by atoms with van der Waals surface area (Å²) < 4.78 is 6.05. The van der Waals surface area contributed by atoms with Crippen LogP contribution >= 0.6 is 12.2 Å². The highest BCUT2D eigenvalue weighted by molar-refractivity contribution is 7.80. The van der Waals surface area contributed by atoms with Crippen LogP contribution in [0.4, 0.5) is 0 Å². The van der Waals surface area contributed by atoms with Gasteiger partial charge in [0.25, 0.3) is 5.17 Å². The molecule has 96 valence electrons. The minimum absolute atomic E-state index is 0.0878. The van der Waals surface area contributed by atoms with E-state index in [0.29, 0.717) is 5.17 Å². The highest BCUT2D eigenvalue weighted by Gasteiger charge is 2.47. The Balaban J connectivity index is 2.20. The second-order valence-corrected chi connectivity index (χ2v) is 5.09. The Labute approximate surface area is 118 Å². The van der Waals surface area contributed by atoms with Gasteiger partial charge in [0.1, 0.15) is 0 Å². The van der Waals surface area contributed by atoms with Crippen LogP contribution in [0.3, 0.4) is 0 Å². The Kier molecular flexibility index (Phi) is 2.99. The Hall–Kier alpha value is -1.87. The third-order valence-electron chi connectivity index (χ3n) is 3.60. The molecule has 0 amide bonds. The van der Waals surface area contributed by atoms with Crippen LogP contribution in [0.25, 0.3) is 0 Å². The van der Waals surface area contributed by atoms with Crippen LogP contribution in [-0.2, 0) is 10.3 Å². The first kappa shape index (κ1) is 12.2. The van der Waals surface area contributed by atoms with Crippen molar-refractivity contribution in [1.82, 2.24) is 5.32 Å². The van der Waals surface area contributed by atoms with Crippen molar-refractivity contribution in [2.24, 2.45) is 0 Å². The van der Waals surface area contributed by atoms with Crippen molar-refractivity contribution in [3.05, 3.63) is 71.8 Å². The molecule has 0 aliphatic carbocycles. The Morgan fingerprint density at radius 2 is 1.42 bits per heavy atom. The molecule has 19 heavy (non-hydrogen) atoms. The first-order valence-electron chi connectivity index (χ1n) is 6.34. The van der Waals surface area contributed by atoms with Crippen molar-refractivity contribution in [2.45, 2.75) is 18.6 Å². The van der Waals surface area contributed by atoms with Crippen molar-refractivity contribution in [1.29, 1.82) is 0 Å². The van der Waals surface area contributed by atoms with Crippen LogP contribution in [0.5, 0.6) is 0 Å². The number of rotatable bonds is 2. The molecule has 0 saturated carbocycles. The summed E-state index contributed by atoms with van der Waals surface area (Å²) in [5.41, 5.74) is 1.68. The second-order valence-electron chi connectivity index (χ2n) is 4.72. The van der Waals surface area contributed by atoms with Gasteiger partial charge >= 0.3 is 0 Å². The molecule has 0 bridgehead atoms. The molecular weight excluding hydrogens is 254 g/mol. The normalized spacial score (nSPS) is 20.7. The molecule has 1 aliphatic rings.